The van der Waals surface area contributed by atoms with Crippen LogP contribution in [0.5, 0.6) is 0 Å². The first kappa shape index (κ1) is 14.0. The van der Waals surface area contributed by atoms with E-state index in [1.807, 2.05) is 0 Å². The Labute approximate surface area is 107 Å². The van der Waals surface area contributed by atoms with Gasteiger partial charge in [0.15, 0.2) is 0 Å². The van der Waals surface area contributed by atoms with Crippen molar-refractivity contribution in [1.29, 1.82) is 0 Å². The second-order valence-corrected chi connectivity index (χ2v) is 3.82. The van der Waals surface area contributed by atoms with Crippen LogP contribution in [0.4, 0.5) is 0 Å². The molecule has 0 radical (unpaired) electrons. The van der Waals surface area contributed by atoms with Crippen LogP contribution in [0.2, 0.25) is 0 Å². The van der Waals surface area contributed by atoms with Crippen molar-refractivity contribution in [3.8, 4) is 0 Å². The fourth-order valence-electron chi connectivity index (χ4n) is 1.30. The van der Waals surface area contributed by atoms with Crippen LogP contribution < -0.4 is 5.32 Å². The fraction of sp³-hybridized carbons (Fsp3) is 0.286. The van der Waals surface area contributed by atoms with Crippen molar-refractivity contribution in [3.63, 3.8) is 0 Å². The standard InChI is InChI=1S/C14H17NO3/c1-3-4-9-18-14(17)13-7-5-12(6-8-13)10-15-11(2)16/h3,5-8H,1,4,9-10H2,2H3,(H,15,16). The van der Waals surface area contributed by atoms with Crippen LogP contribution in [0.25, 0.3) is 0 Å². The third kappa shape index (κ3) is 4.82. The number of carbonyl (C=O) groups excluding carboxylic acids is 2. The number of esters is 1. The van der Waals surface area contributed by atoms with Crippen LogP contribution in [-0.2, 0) is 16.1 Å². The maximum atomic E-state index is 11.6. The Hall–Kier alpha value is -2.10. The molecule has 0 spiro atoms. The number of carbonyl (C=O) groups is 2. The van der Waals surface area contributed by atoms with E-state index in [1.54, 1.807) is 30.3 Å². The minimum atomic E-state index is -0.345. The Morgan fingerprint density at radius 3 is 2.56 bits per heavy atom. The molecule has 1 aromatic rings. The highest BCUT2D eigenvalue weighted by Crippen LogP contribution is 2.06. The first-order chi connectivity index (χ1) is 8.63. The van der Waals surface area contributed by atoms with Crippen molar-refractivity contribution in [2.75, 3.05) is 6.61 Å². The van der Waals surface area contributed by atoms with Crippen LogP contribution >= 0.6 is 0 Å². The number of nitrogens with one attached hydrogen (secondary N) is 1. The van der Waals surface area contributed by atoms with E-state index >= 15 is 0 Å². The van der Waals surface area contributed by atoms with Gasteiger partial charge in [-0.3, -0.25) is 4.79 Å². The highest BCUT2D eigenvalue weighted by molar-refractivity contribution is 5.89. The summed E-state index contributed by atoms with van der Waals surface area (Å²) in [4.78, 5) is 22.3. The molecular weight excluding hydrogens is 230 g/mol. The lowest BCUT2D eigenvalue weighted by Gasteiger charge is -2.05. The molecule has 4 nitrogen and oxygen atoms in total. The van der Waals surface area contributed by atoms with Crippen molar-refractivity contribution < 1.29 is 14.3 Å². The lowest BCUT2D eigenvalue weighted by atomic mass is 10.1. The average molecular weight is 247 g/mol. The monoisotopic (exact) mass is 247 g/mol. The Morgan fingerprint density at radius 2 is 2.00 bits per heavy atom. The van der Waals surface area contributed by atoms with E-state index in [0.717, 1.165) is 5.56 Å². The minimum absolute atomic E-state index is 0.0806. The molecule has 1 amide bonds. The molecule has 0 atom stereocenters. The Bertz CT molecular complexity index is 423. The summed E-state index contributed by atoms with van der Waals surface area (Å²) in [6, 6.07) is 6.96. The zero-order valence-electron chi connectivity index (χ0n) is 10.4. The topological polar surface area (TPSA) is 55.4 Å². The van der Waals surface area contributed by atoms with E-state index < -0.39 is 0 Å². The van der Waals surface area contributed by atoms with Crippen LogP contribution in [0, 0.1) is 0 Å². The lowest BCUT2D eigenvalue weighted by molar-refractivity contribution is -0.119. The summed E-state index contributed by atoms with van der Waals surface area (Å²) in [6.45, 7) is 5.82. The van der Waals surface area contributed by atoms with Gasteiger partial charge in [-0.2, -0.15) is 0 Å². The molecule has 0 aromatic heterocycles. The van der Waals surface area contributed by atoms with Gasteiger partial charge in [-0.05, 0) is 24.1 Å². The number of rotatable bonds is 6. The summed E-state index contributed by atoms with van der Waals surface area (Å²) >= 11 is 0. The van der Waals surface area contributed by atoms with Gasteiger partial charge in [-0.25, -0.2) is 4.79 Å². The maximum absolute atomic E-state index is 11.6. The third-order valence-electron chi connectivity index (χ3n) is 2.29. The van der Waals surface area contributed by atoms with Gasteiger partial charge in [0.2, 0.25) is 5.91 Å². The van der Waals surface area contributed by atoms with Crippen molar-refractivity contribution in [3.05, 3.63) is 48.0 Å². The Kier molecular flexibility index (Phi) is 5.64. The number of ether oxygens (including phenoxy) is 1. The van der Waals surface area contributed by atoms with Gasteiger partial charge in [0.25, 0.3) is 0 Å². The molecule has 0 saturated carbocycles. The SMILES string of the molecule is C=CCCOC(=O)c1ccc(CNC(C)=O)cc1. The second-order valence-electron chi connectivity index (χ2n) is 3.82. The van der Waals surface area contributed by atoms with Gasteiger partial charge < -0.3 is 10.1 Å². The third-order valence-corrected chi connectivity index (χ3v) is 2.29. The van der Waals surface area contributed by atoms with Gasteiger partial charge in [0.1, 0.15) is 0 Å². The summed E-state index contributed by atoms with van der Waals surface area (Å²) < 4.78 is 5.03. The van der Waals surface area contributed by atoms with E-state index in [-0.39, 0.29) is 11.9 Å². The second kappa shape index (κ2) is 7.27. The summed E-state index contributed by atoms with van der Waals surface area (Å²) in [5, 5.41) is 2.69. The molecule has 4 heteroatoms. The molecule has 18 heavy (non-hydrogen) atoms. The van der Waals surface area contributed by atoms with Crippen LogP contribution in [0.3, 0.4) is 0 Å². The molecule has 0 bridgehead atoms. The zero-order chi connectivity index (χ0) is 13.4. The number of hydrogen-bond donors (Lipinski definition) is 1. The number of hydrogen-bond acceptors (Lipinski definition) is 3. The average Bonchev–Trinajstić information content (AvgIpc) is 2.37. The molecule has 0 heterocycles. The Morgan fingerprint density at radius 1 is 1.33 bits per heavy atom. The van der Waals surface area contributed by atoms with Gasteiger partial charge in [-0.1, -0.05) is 18.2 Å². The first-order valence-electron chi connectivity index (χ1n) is 5.75. The molecule has 1 N–H and O–H groups in total. The summed E-state index contributed by atoms with van der Waals surface area (Å²) in [6.07, 6.45) is 2.34. The number of benzene rings is 1. The van der Waals surface area contributed by atoms with Crippen LogP contribution in [0.1, 0.15) is 29.3 Å². The van der Waals surface area contributed by atoms with Crippen molar-refractivity contribution >= 4 is 11.9 Å². The summed E-state index contributed by atoms with van der Waals surface area (Å²) in [5.74, 6) is -0.425. The highest BCUT2D eigenvalue weighted by Gasteiger charge is 2.06. The van der Waals surface area contributed by atoms with Crippen molar-refractivity contribution in [1.82, 2.24) is 5.32 Å². The van der Waals surface area contributed by atoms with E-state index in [4.69, 9.17) is 4.74 Å². The summed E-state index contributed by atoms with van der Waals surface area (Å²) in [5.41, 5.74) is 1.44. The molecule has 0 saturated heterocycles. The molecular formula is C14H17NO3. The lowest BCUT2D eigenvalue weighted by Crippen LogP contribution is -2.18. The van der Waals surface area contributed by atoms with Crippen LogP contribution in [-0.4, -0.2) is 18.5 Å². The smallest absolute Gasteiger partial charge is 0.338 e. The fourth-order valence-corrected chi connectivity index (χ4v) is 1.30. The van der Waals surface area contributed by atoms with Crippen LogP contribution in [0.15, 0.2) is 36.9 Å². The Balaban J connectivity index is 2.51. The largest absolute Gasteiger partial charge is 0.462 e. The zero-order valence-corrected chi connectivity index (χ0v) is 10.4. The van der Waals surface area contributed by atoms with Crippen molar-refractivity contribution in [2.24, 2.45) is 0 Å². The normalized spacial score (nSPS) is 9.61. The van der Waals surface area contributed by atoms with Gasteiger partial charge in [-0.15, -0.1) is 6.58 Å². The quantitative estimate of drug-likeness (QED) is 0.475. The molecule has 0 aliphatic heterocycles. The van der Waals surface area contributed by atoms with E-state index in [2.05, 4.69) is 11.9 Å². The van der Waals surface area contributed by atoms with Gasteiger partial charge in [0, 0.05) is 13.5 Å². The first-order valence-corrected chi connectivity index (χ1v) is 5.75. The molecule has 0 fully saturated rings. The molecule has 96 valence electrons. The molecule has 0 aliphatic carbocycles. The van der Waals surface area contributed by atoms with Gasteiger partial charge in [0.05, 0.1) is 12.2 Å². The maximum Gasteiger partial charge on any atom is 0.338 e. The van der Waals surface area contributed by atoms with E-state index in [1.165, 1.54) is 6.92 Å². The molecule has 0 unspecified atom stereocenters. The molecule has 1 rings (SSSR count). The predicted octanol–water partition coefficient (Wildman–Crippen LogP) is 2.06. The molecule has 1 aromatic carbocycles. The predicted molar refractivity (Wildman–Crippen MR) is 69.1 cm³/mol. The van der Waals surface area contributed by atoms with Crippen molar-refractivity contribution in [2.45, 2.75) is 19.9 Å². The van der Waals surface area contributed by atoms with E-state index in [9.17, 15) is 9.59 Å². The number of amides is 1. The van der Waals surface area contributed by atoms with Gasteiger partial charge >= 0.3 is 5.97 Å². The molecule has 0 aliphatic rings. The summed E-state index contributed by atoms with van der Waals surface area (Å²) in [7, 11) is 0. The van der Waals surface area contributed by atoms with E-state index in [0.29, 0.717) is 25.1 Å². The minimum Gasteiger partial charge on any atom is -0.462 e. The highest BCUT2D eigenvalue weighted by atomic mass is 16.5.